The van der Waals surface area contributed by atoms with E-state index in [9.17, 15) is 9.59 Å². The van der Waals surface area contributed by atoms with Crippen LogP contribution in [0.25, 0.3) is 0 Å². The van der Waals surface area contributed by atoms with Gasteiger partial charge in [0.25, 0.3) is 0 Å². The van der Waals surface area contributed by atoms with Gasteiger partial charge in [-0.05, 0) is 29.3 Å². The van der Waals surface area contributed by atoms with E-state index in [0.717, 1.165) is 23.1 Å². The van der Waals surface area contributed by atoms with Gasteiger partial charge in [0.15, 0.2) is 0 Å². The van der Waals surface area contributed by atoms with E-state index in [0.29, 0.717) is 5.75 Å². The van der Waals surface area contributed by atoms with Crippen molar-refractivity contribution in [3.8, 4) is 5.75 Å². The number of benzene rings is 2. The van der Waals surface area contributed by atoms with Crippen LogP contribution in [0.15, 0.2) is 48.5 Å². The van der Waals surface area contributed by atoms with E-state index < -0.39 is 5.41 Å². The number of hydrogen-bond donors (Lipinski definition) is 0. The average Bonchev–Trinajstić information content (AvgIpc) is 2.78. The predicted molar refractivity (Wildman–Crippen MR) is 84.3 cm³/mol. The van der Waals surface area contributed by atoms with Crippen LogP contribution in [0.3, 0.4) is 0 Å². The summed E-state index contributed by atoms with van der Waals surface area (Å²) in [5, 5.41) is 0. The summed E-state index contributed by atoms with van der Waals surface area (Å²) in [5.41, 5.74) is 1.49. The molecule has 0 unspecified atom stereocenters. The monoisotopic (exact) mass is 295 g/mol. The Bertz CT molecular complexity index is 726. The van der Waals surface area contributed by atoms with Crippen LogP contribution in [0.2, 0.25) is 0 Å². The quantitative estimate of drug-likeness (QED) is 0.814. The highest BCUT2D eigenvalue weighted by molar-refractivity contribution is 6.11. The third-order valence-corrected chi connectivity index (χ3v) is 4.35. The lowest BCUT2D eigenvalue weighted by molar-refractivity contribution is -0.123. The molecule has 0 aromatic heterocycles. The molecule has 4 heteroatoms. The van der Waals surface area contributed by atoms with Crippen LogP contribution in [-0.2, 0) is 15.0 Å². The first-order valence-electron chi connectivity index (χ1n) is 7.11. The van der Waals surface area contributed by atoms with Crippen LogP contribution >= 0.6 is 0 Å². The van der Waals surface area contributed by atoms with Gasteiger partial charge in [-0.1, -0.05) is 30.3 Å². The third kappa shape index (κ3) is 1.84. The molecule has 1 atom stereocenters. The van der Waals surface area contributed by atoms with Gasteiger partial charge in [0.2, 0.25) is 5.91 Å². The lowest BCUT2D eigenvalue weighted by atomic mass is 9.73. The van der Waals surface area contributed by atoms with Crippen molar-refractivity contribution in [1.82, 2.24) is 0 Å². The number of aldehydes is 1. The second-order valence-corrected chi connectivity index (χ2v) is 5.39. The number of carbonyl (C=O) groups excluding carboxylic acids is 2. The number of amides is 1. The average molecular weight is 295 g/mol. The number of anilines is 1. The number of carbonyl (C=O) groups is 2. The largest absolute Gasteiger partial charge is 0.497 e. The number of rotatable bonds is 4. The number of ether oxygens (including phenoxy) is 1. The highest BCUT2D eigenvalue weighted by Gasteiger charge is 2.50. The Hall–Kier alpha value is -2.62. The normalized spacial score (nSPS) is 19.9. The molecule has 0 spiro atoms. The zero-order valence-corrected chi connectivity index (χ0v) is 12.6. The standard InChI is InChI=1S/C18H17NO3/c1-19-16-9-8-14(22-2)12-15(16)18(10-11-20,17(19)21)13-6-4-3-5-7-13/h3-9,11-12H,10H2,1-2H3/t18-/m1/s1. The number of hydrogen-bond acceptors (Lipinski definition) is 3. The molecule has 0 bridgehead atoms. The molecule has 0 saturated heterocycles. The Labute approximate surface area is 129 Å². The lowest BCUT2D eigenvalue weighted by Crippen LogP contribution is -2.40. The van der Waals surface area contributed by atoms with Gasteiger partial charge < -0.3 is 14.4 Å². The number of fused-ring (bicyclic) bond motifs is 1. The summed E-state index contributed by atoms with van der Waals surface area (Å²) in [7, 11) is 3.33. The second kappa shape index (κ2) is 5.30. The molecule has 0 aliphatic carbocycles. The van der Waals surface area contributed by atoms with Gasteiger partial charge in [0, 0.05) is 19.2 Å². The second-order valence-electron chi connectivity index (χ2n) is 5.39. The molecule has 0 saturated carbocycles. The highest BCUT2D eigenvalue weighted by Crippen LogP contribution is 2.48. The first-order chi connectivity index (χ1) is 10.6. The number of nitrogens with zero attached hydrogens (tertiary/aromatic N) is 1. The molecule has 1 amide bonds. The summed E-state index contributed by atoms with van der Waals surface area (Å²) in [6.07, 6.45) is 0.924. The molecule has 0 radical (unpaired) electrons. The van der Waals surface area contributed by atoms with Crippen LogP contribution in [0.1, 0.15) is 17.5 Å². The Morgan fingerprint density at radius 3 is 2.55 bits per heavy atom. The molecule has 22 heavy (non-hydrogen) atoms. The van der Waals surface area contributed by atoms with Crippen molar-refractivity contribution < 1.29 is 14.3 Å². The summed E-state index contributed by atoms with van der Waals surface area (Å²) in [5.74, 6) is 0.585. The summed E-state index contributed by atoms with van der Waals surface area (Å²) in [6.45, 7) is 0. The molecular weight excluding hydrogens is 278 g/mol. The molecule has 1 heterocycles. The predicted octanol–water partition coefficient (Wildman–Crippen LogP) is 2.55. The van der Waals surface area contributed by atoms with E-state index in [4.69, 9.17) is 4.74 Å². The van der Waals surface area contributed by atoms with Gasteiger partial charge in [-0.15, -0.1) is 0 Å². The molecule has 4 nitrogen and oxygen atoms in total. The van der Waals surface area contributed by atoms with E-state index in [1.54, 1.807) is 19.1 Å². The fourth-order valence-electron chi connectivity index (χ4n) is 3.23. The molecular formula is C18H17NO3. The van der Waals surface area contributed by atoms with Crippen molar-refractivity contribution in [2.24, 2.45) is 0 Å². The number of likely N-dealkylation sites (N-methyl/N-ethyl adjacent to an activating group) is 1. The van der Waals surface area contributed by atoms with E-state index in [2.05, 4.69) is 0 Å². The van der Waals surface area contributed by atoms with Gasteiger partial charge in [-0.3, -0.25) is 4.79 Å². The van der Waals surface area contributed by atoms with Gasteiger partial charge in [-0.25, -0.2) is 0 Å². The fraction of sp³-hybridized carbons (Fsp3) is 0.222. The minimum Gasteiger partial charge on any atom is -0.497 e. The lowest BCUT2D eigenvalue weighted by Gasteiger charge is -2.27. The zero-order valence-electron chi connectivity index (χ0n) is 12.6. The topological polar surface area (TPSA) is 46.6 Å². The van der Waals surface area contributed by atoms with Gasteiger partial charge in [0.05, 0.1) is 7.11 Å². The zero-order chi connectivity index (χ0) is 15.7. The van der Waals surface area contributed by atoms with E-state index in [1.165, 1.54) is 0 Å². The summed E-state index contributed by atoms with van der Waals surface area (Å²) >= 11 is 0. The summed E-state index contributed by atoms with van der Waals surface area (Å²) in [6, 6.07) is 15.0. The third-order valence-electron chi connectivity index (χ3n) is 4.35. The van der Waals surface area contributed by atoms with E-state index in [-0.39, 0.29) is 12.3 Å². The van der Waals surface area contributed by atoms with Crippen molar-refractivity contribution in [2.75, 3.05) is 19.1 Å². The van der Waals surface area contributed by atoms with E-state index >= 15 is 0 Å². The molecule has 3 rings (SSSR count). The minimum atomic E-state index is -0.971. The van der Waals surface area contributed by atoms with Crippen LogP contribution in [0, 0.1) is 0 Å². The molecule has 1 aliphatic rings. The van der Waals surface area contributed by atoms with Crippen LogP contribution < -0.4 is 9.64 Å². The first-order valence-corrected chi connectivity index (χ1v) is 7.11. The molecule has 112 valence electrons. The Morgan fingerprint density at radius 1 is 1.18 bits per heavy atom. The number of methoxy groups -OCH3 is 1. The van der Waals surface area contributed by atoms with Crippen molar-refractivity contribution in [1.29, 1.82) is 0 Å². The van der Waals surface area contributed by atoms with Crippen molar-refractivity contribution in [3.63, 3.8) is 0 Å². The molecule has 2 aromatic carbocycles. The maximum absolute atomic E-state index is 13.0. The maximum Gasteiger partial charge on any atom is 0.242 e. The van der Waals surface area contributed by atoms with Gasteiger partial charge in [-0.2, -0.15) is 0 Å². The van der Waals surface area contributed by atoms with Gasteiger partial charge >= 0.3 is 0 Å². The highest BCUT2D eigenvalue weighted by atomic mass is 16.5. The Balaban J connectivity index is 2.31. The summed E-state index contributed by atoms with van der Waals surface area (Å²) < 4.78 is 5.30. The van der Waals surface area contributed by atoms with Crippen molar-refractivity contribution in [2.45, 2.75) is 11.8 Å². The van der Waals surface area contributed by atoms with E-state index in [1.807, 2.05) is 48.5 Å². The first kappa shape index (κ1) is 14.3. The van der Waals surface area contributed by atoms with Crippen LogP contribution in [-0.4, -0.2) is 26.4 Å². The fourth-order valence-corrected chi connectivity index (χ4v) is 3.23. The van der Waals surface area contributed by atoms with Crippen LogP contribution in [0.4, 0.5) is 5.69 Å². The van der Waals surface area contributed by atoms with Gasteiger partial charge in [0.1, 0.15) is 17.5 Å². The maximum atomic E-state index is 13.0. The molecule has 0 fully saturated rings. The molecule has 0 N–H and O–H groups in total. The smallest absolute Gasteiger partial charge is 0.242 e. The molecule has 2 aromatic rings. The van der Waals surface area contributed by atoms with Crippen LogP contribution in [0.5, 0.6) is 5.75 Å². The molecule has 1 aliphatic heterocycles. The SMILES string of the molecule is COc1ccc2c(c1)[C@@](CC=O)(c1ccccc1)C(=O)N2C. The van der Waals surface area contributed by atoms with Crippen molar-refractivity contribution in [3.05, 3.63) is 59.7 Å². The summed E-state index contributed by atoms with van der Waals surface area (Å²) in [4.78, 5) is 26.0. The Morgan fingerprint density at radius 2 is 1.91 bits per heavy atom. The Kier molecular flexibility index (Phi) is 3.45. The minimum absolute atomic E-state index is 0.0888. The van der Waals surface area contributed by atoms with Crippen molar-refractivity contribution >= 4 is 17.9 Å².